The summed E-state index contributed by atoms with van der Waals surface area (Å²) in [7, 11) is 0. The molecule has 2 unspecified atom stereocenters. The van der Waals surface area contributed by atoms with E-state index in [4.69, 9.17) is 31.3 Å². The fraction of sp³-hybridized carbons (Fsp3) is 0.559. The van der Waals surface area contributed by atoms with Crippen molar-refractivity contribution in [2.24, 2.45) is 21.7 Å². The number of aromatic hydroxyl groups is 1. The van der Waals surface area contributed by atoms with E-state index in [0.29, 0.717) is 22.4 Å². The van der Waals surface area contributed by atoms with Gasteiger partial charge in [-0.15, -0.1) is 0 Å². The van der Waals surface area contributed by atoms with E-state index in [0.717, 1.165) is 24.2 Å². The van der Waals surface area contributed by atoms with E-state index in [1.54, 1.807) is 12.1 Å². The molecule has 4 saturated carbocycles. The van der Waals surface area contributed by atoms with Gasteiger partial charge < -0.3 is 15.7 Å². The fourth-order valence-electron chi connectivity index (χ4n) is 5.99. The molecule has 42 heavy (non-hydrogen) atoms. The Kier molecular flexibility index (Phi) is 12.4. The lowest BCUT2D eigenvalue weighted by Crippen LogP contribution is -2.67. The van der Waals surface area contributed by atoms with Crippen LogP contribution in [0, 0.1) is 23.7 Å². The van der Waals surface area contributed by atoms with Crippen molar-refractivity contribution < 1.29 is 19.5 Å². The Bertz CT molecular complexity index is 1230. The van der Waals surface area contributed by atoms with Crippen molar-refractivity contribution in [1.29, 1.82) is 0 Å². The number of aliphatic imine (C=N–C) groups is 1. The van der Waals surface area contributed by atoms with E-state index in [1.807, 2.05) is 45.0 Å². The van der Waals surface area contributed by atoms with E-state index < -0.39 is 0 Å². The van der Waals surface area contributed by atoms with Crippen LogP contribution in [-0.4, -0.2) is 40.6 Å². The molecule has 1 amide bonds. The zero-order valence-electron chi connectivity index (χ0n) is 26.4. The molecule has 0 aromatic heterocycles. The normalized spacial score (nSPS) is 28.1. The largest absolute Gasteiger partial charge is 0.506 e. The van der Waals surface area contributed by atoms with Gasteiger partial charge in [0.1, 0.15) is 11.6 Å². The lowest BCUT2D eigenvalue weighted by atomic mass is 9.35. The minimum Gasteiger partial charge on any atom is -0.506 e. The summed E-state index contributed by atoms with van der Waals surface area (Å²) in [6, 6.07) is 15.6. The smallest absolute Gasteiger partial charge is 0.373 e. The number of rotatable bonds is 4. The highest BCUT2D eigenvalue weighted by Crippen LogP contribution is 2.73. The van der Waals surface area contributed by atoms with Gasteiger partial charge in [-0.25, -0.2) is 0 Å². The Morgan fingerprint density at radius 3 is 2.05 bits per heavy atom. The number of phenols is 1. The monoisotopic (exact) mass is 597 g/mol. The average Bonchev–Trinajstić information content (AvgIpc) is 3.51. The molecule has 2 aromatic carbocycles. The van der Waals surface area contributed by atoms with Crippen molar-refractivity contribution in [3.8, 4) is 5.75 Å². The molecule has 7 nitrogen and oxygen atoms in total. The summed E-state index contributed by atoms with van der Waals surface area (Å²) in [5.74, 6) is 2.00. The van der Waals surface area contributed by atoms with Gasteiger partial charge in [-0.2, -0.15) is 9.59 Å². The number of aryl methyl sites for hydroxylation is 2. The van der Waals surface area contributed by atoms with Crippen molar-refractivity contribution in [3.63, 3.8) is 0 Å². The summed E-state index contributed by atoms with van der Waals surface area (Å²) < 4.78 is 0. The second kappa shape index (κ2) is 14.8. The third-order valence-corrected chi connectivity index (χ3v) is 8.53. The van der Waals surface area contributed by atoms with Crippen LogP contribution in [0.15, 0.2) is 53.5 Å². The average molecular weight is 598 g/mol. The number of nitrogens with one attached hydrogen (secondary N) is 2. The highest BCUT2D eigenvalue weighted by atomic mass is 35.5. The SMILES string of the molecule is CC.CC1CC1NC(=O)[C@@H]1N=C(C23CC(C)(C2)C3)NC1(C)C.CCc1ccc(O)c(Cl)c1.Cc1ccccc1.O=C=O. The van der Waals surface area contributed by atoms with Gasteiger partial charge in [-0.3, -0.25) is 9.79 Å². The lowest BCUT2D eigenvalue weighted by Gasteiger charge is -2.69. The Labute approximate surface area is 256 Å². The molecule has 4 aliphatic carbocycles. The van der Waals surface area contributed by atoms with E-state index in [-0.39, 0.29) is 34.8 Å². The van der Waals surface area contributed by atoms with Gasteiger partial charge in [0, 0.05) is 11.5 Å². The van der Waals surface area contributed by atoms with E-state index in [9.17, 15) is 4.79 Å². The molecule has 0 spiro atoms. The molecule has 1 aliphatic heterocycles. The number of benzene rings is 2. The number of phenolic OH excluding ortho intramolecular Hbond substituents is 1. The molecule has 2 bridgehead atoms. The molecule has 2 aromatic rings. The fourth-order valence-corrected chi connectivity index (χ4v) is 6.19. The van der Waals surface area contributed by atoms with Crippen molar-refractivity contribution in [3.05, 3.63) is 64.7 Å². The number of hydrogen-bond donors (Lipinski definition) is 3. The number of amidine groups is 1. The first kappa shape index (κ1) is 35.0. The van der Waals surface area contributed by atoms with Gasteiger partial charge in [0.25, 0.3) is 0 Å². The number of halogens is 1. The third kappa shape index (κ3) is 8.92. The molecule has 230 valence electrons. The minimum absolute atomic E-state index is 0.102. The van der Waals surface area contributed by atoms with Crippen molar-refractivity contribution >= 4 is 29.5 Å². The van der Waals surface area contributed by atoms with Gasteiger partial charge >= 0.3 is 6.15 Å². The number of carbonyl (C=O) groups is 1. The van der Waals surface area contributed by atoms with Gasteiger partial charge in [0.05, 0.1) is 10.6 Å². The quantitative estimate of drug-likeness (QED) is 0.355. The molecule has 0 saturated heterocycles. The molecule has 8 heteroatoms. The maximum Gasteiger partial charge on any atom is 0.373 e. The lowest BCUT2D eigenvalue weighted by molar-refractivity contribution is -0.191. The van der Waals surface area contributed by atoms with Crippen LogP contribution < -0.4 is 10.6 Å². The Morgan fingerprint density at radius 2 is 1.64 bits per heavy atom. The van der Waals surface area contributed by atoms with Crippen LogP contribution in [0.5, 0.6) is 5.75 Å². The van der Waals surface area contributed by atoms with Crippen molar-refractivity contribution in [2.75, 3.05) is 0 Å². The maximum absolute atomic E-state index is 12.5. The summed E-state index contributed by atoms with van der Waals surface area (Å²) in [5.41, 5.74) is 3.06. The van der Waals surface area contributed by atoms with Gasteiger partial charge in [0.2, 0.25) is 5.91 Å². The molecule has 3 atom stereocenters. The molecule has 1 heterocycles. The van der Waals surface area contributed by atoms with Crippen LogP contribution in [0.2, 0.25) is 5.02 Å². The van der Waals surface area contributed by atoms with Crippen LogP contribution >= 0.6 is 11.6 Å². The van der Waals surface area contributed by atoms with Crippen LogP contribution in [0.25, 0.3) is 0 Å². The predicted octanol–water partition coefficient (Wildman–Crippen LogP) is 6.90. The first-order valence-electron chi connectivity index (χ1n) is 14.9. The molecule has 5 aliphatic rings. The van der Waals surface area contributed by atoms with Crippen LogP contribution in [-0.2, 0) is 20.8 Å². The van der Waals surface area contributed by atoms with Crippen molar-refractivity contribution in [1.82, 2.24) is 10.6 Å². The number of nitrogens with zero attached hydrogens (tertiary/aromatic N) is 1. The molecule has 3 N–H and O–H groups in total. The summed E-state index contributed by atoms with van der Waals surface area (Å²) in [6.45, 7) is 16.9. The Balaban J connectivity index is 0.000000234. The number of hydrogen-bond acceptors (Lipinski definition) is 6. The maximum atomic E-state index is 12.5. The zero-order chi connectivity index (χ0) is 31.7. The van der Waals surface area contributed by atoms with Crippen LogP contribution in [0.1, 0.15) is 85.3 Å². The van der Waals surface area contributed by atoms with Crippen LogP contribution in [0.3, 0.4) is 0 Å². The molecule has 7 rings (SSSR count). The first-order valence-corrected chi connectivity index (χ1v) is 15.3. The standard InChI is InChI=1S/C16H25N3O.C8H9ClO.C7H8.C2H6.CO2/c1-9-5-10(9)17-12(20)11-14(2,3)19-13(18-11)16-6-15(4,7-16)8-16;1-2-6-3-4-8(10)7(9)5-6;1-7-5-3-2-4-6-7;1-2;2-1-3/h9-11H,5-8H2,1-4H3,(H,17,20)(H,18,19);3-5,10H,2H2,1H3;2-6H,1H3;1-2H3;/t9?,10?,11-,15?,16?;;;;/m0..../s1. The van der Waals surface area contributed by atoms with E-state index >= 15 is 0 Å². The topological polar surface area (TPSA) is 108 Å². The van der Waals surface area contributed by atoms with E-state index in [1.165, 1.54) is 24.8 Å². The number of carbonyl (C=O) groups excluding carboxylic acids is 3. The minimum atomic E-state index is -0.271. The second-order valence-corrected chi connectivity index (χ2v) is 13.0. The highest BCUT2D eigenvalue weighted by Gasteiger charge is 2.69. The van der Waals surface area contributed by atoms with Crippen LogP contribution in [0.4, 0.5) is 0 Å². The summed E-state index contributed by atoms with van der Waals surface area (Å²) in [4.78, 5) is 33.5. The molecular weight excluding hydrogens is 550 g/mol. The Hall–Kier alpha value is -3.15. The Morgan fingerprint density at radius 1 is 1.10 bits per heavy atom. The molecule has 4 fully saturated rings. The number of amides is 1. The van der Waals surface area contributed by atoms with Gasteiger partial charge in [-0.1, -0.05) is 88.2 Å². The zero-order valence-corrected chi connectivity index (χ0v) is 27.1. The molecule has 0 radical (unpaired) electrons. The second-order valence-electron chi connectivity index (χ2n) is 12.6. The predicted molar refractivity (Wildman–Crippen MR) is 169 cm³/mol. The van der Waals surface area contributed by atoms with Gasteiger partial charge in [-0.05, 0) is 81.9 Å². The third-order valence-electron chi connectivity index (χ3n) is 8.23. The van der Waals surface area contributed by atoms with Gasteiger partial charge in [0.15, 0.2) is 6.04 Å². The summed E-state index contributed by atoms with van der Waals surface area (Å²) in [5, 5.41) is 16.1. The summed E-state index contributed by atoms with van der Waals surface area (Å²) in [6.07, 6.45) is 6.05. The summed E-state index contributed by atoms with van der Waals surface area (Å²) >= 11 is 5.64. The molecular formula is C34H48ClN3O4. The highest BCUT2D eigenvalue weighted by molar-refractivity contribution is 6.32. The van der Waals surface area contributed by atoms with Crippen molar-refractivity contribution in [2.45, 2.75) is 105 Å². The first-order chi connectivity index (χ1) is 19.8. The van der Waals surface area contributed by atoms with E-state index in [2.05, 4.69) is 57.4 Å².